The summed E-state index contributed by atoms with van der Waals surface area (Å²) in [5, 5.41) is 10.4. The minimum absolute atomic E-state index is 0.281. The first kappa shape index (κ1) is 27.3. The zero-order valence-corrected chi connectivity index (χ0v) is 24.1. The number of para-hydroxylation sites is 2. The molecule has 0 amide bonds. The minimum Gasteiger partial charge on any atom is -0.497 e. The zero-order chi connectivity index (χ0) is 28.7. The highest BCUT2D eigenvalue weighted by atomic mass is 16.5. The van der Waals surface area contributed by atoms with E-state index in [2.05, 4.69) is 46.4 Å². The van der Waals surface area contributed by atoms with Crippen LogP contribution in [-0.4, -0.2) is 29.7 Å². The summed E-state index contributed by atoms with van der Waals surface area (Å²) in [5.74, 6) is 3.44. The van der Waals surface area contributed by atoms with Crippen molar-refractivity contribution in [3.63, 3.8) is 0 Å². The third-order valence-electron chi connectivity index (χ3n) is 7.79. The van der Waals surface area contributed by atoms with Crippen molar-refractivity contribution in [3.05, 3.63) is 121 Å². The summed E-state index contributed by atoms with van der Waals surface area (Å²) in [6.07, 6.45) is 5.80. The molecule has 0 unspecified atom stereocenters. The lowest BCUT2D eigenvalue weighted by Gasteiger charge is -2.22. The van der Waals surface area contributed by atoms with Crippen molar-refractivity contribution in [1.82, 2.24) is 9.78 Å². The van der Waals surface area contributed by atoms with E-state index in [4.69, 9.17) is 19.7 Å². The lowest BCUT2D eigenvalue weighted by Crippen LogP contribution is -2.47. The van der Waals surface area contributed by atoms with Crippen molar-refractivity contribution in [2.45, 2.75) is 38.1 Å². The Hall–Kier alpha value is -4.91. The summed E-state index contributed by atoms with van der Waals surface area (Å²) < 4.78 is 15.4. The fourth-order valence-corrected chi connectivity index (χ4v) is 5.60. The quantitative estimate of drug-likeness (QED) is 0.118. The van der Waals surface area contributed by atoms with E-state index in [-0.39, 0.29) is 6.04 Å². The van der Waals surface area contributed by atoms with Gasteiger partial charge in [-0.05, 0) is 98.5 Å². The number of hydrazone groups is 1. The number of benzene rings is 4. The molecule has 0 spiro atoms. The minimum atomic E-state index is 0.281. The number of hydrogen-bond acceptors (Lipinski definition) is 5. The van der Waals surface area contributed by atoms with E-state index in [1.807, 2.05) is 77.5 Å². The molecule has 0 saturated heterocycles. The molecule has 1 aliphatic carbocycles. The molecule has 212 valence electrons. The average Bonchev–Trinajstić information content (AvgIpc) is 3.47. The molecule has 1 saturated carbocycles. The maximum atomic E-state index is 5.49. The van der Waals surface area contributed by atoms with Crippen molar-refractivity contribution >= 4 is 11.4 Å². The van der Waals surface area contributed by atoms with E-state index in [1.165, 1.54) is 19.3 Å². The van der Waals surface area contributed by atoms with E-state index in [0.29, 0.717) is 0 Å². The van der Waals surface area contributed by atoms with Gasteiger partial charge in [0, 0.05) is 5.56 Å². The lowest BCUT2D eigenvalue weighted by atomic mass is 9.94. The topological polar surface area (TPSA) is 64.5 Å². The molecule has 0 radical (unpaired) electrons. The fourth-order valence-electron chi connectivity index (χ4n) is 5.60. The highest BCUT2D eigenvalue weighted by molar-refractivity contribution is 6.10. The van der Waals surface area contributed by atoms with Crippen LogP contribution in [0.2, 0.25) is 0 Å². The van der Waals surface area contributed by atoms with Crippen molar-refractivity contribution in [2.75, 3.05) is 19.6 Å². The van der Waals surface area contributed by atoms with Gasteiger partial charge in [0.15, 0.2) is 5.71 Å². The van der Waals surface area contributed by atoms with Crippen LogP contribution in [0.1, 0.15) is 49.5 Å². The summed E-state index contributed by atoms with van der Waals surface area (Å²) >= 11 is 0. The Morgan fingerprint density at radius 2 is 1.36 bits per heavy atom. The third-order valence-corrected chi connectivity index (χ3v) is 7.79. The van der Waals surface area contributed by atoms with E-state index in [9.17, 15) is 0 Å². The summed E-state index contributed by atoms with van der Waals surface area (Å²) in [6.45, 7) is 0. The van der Waals surface area contributed by atoms with Crippen molar-refractivity contribution in [1.29, 1.82) is 0 Å². The van der Waals surface area contributed by atoms with Crippen LogP contribution in [0.25, 0.3) is 17.1 Å². The van der Waals surface area contributed by atoms with Crippen LogP contribution >= 0.6 is 0 Å². The monoisotopic (exact) mass is 558 g/mol. The average molecular weight is 559 g/mol. The summed E-state index contributed by atoms with van der Waals surface area (Å²) in [4.78, 5) is 0. The van der Waals surface area contributed by atoms with E-state index < -0.39 is 0 Å². The molecule has 7 heteroatoms. The largest absolute Gasteiger partial charge is 0.497 e. The molecule has 7 nitrogen and oxygen atoms in total. The molecule has 5 aromatic rings. The molecule has 1 aliphatic rings. The van der Waals surface area contributed by atoms with Gasteiger partial charge in [0.2, 0.25) is 0 Å². The van der Waals surface area contributed by atoms with E-state index in [1.54, 1.807) is 14.2 Å². The van der Waals surface area contributed by atoms with Crippen molar-refractivity contribution in [3.8, 4) is 28.6 Å². The van der Waals surface area contributed by atoms with Crippen LogP contribution in [0.15, 0.2) is 114 Å². The molecular formula is C35H36N5O2+. The van der Waals surface area contributed by atoms with Crippen molar-refractivity contribution in [2.24, 2.45) is 5.10 Å². The Balaban J connectivity index is 1.63. The lowest BCUT2D eigenvalue weighted by molar-refractivity contribution is -0.717. The van der Waals surface area contributed by atoms with Crippen molar-refractivity contribution < 1.29 is 14.0 Å². The number of hydrogen-bond donors (Lipinski definition) is 1. The number of nitrogens with zero attached hydrogens (tertiary/aromatic N) is 4. The Morgan fingerprint density at radius 1 is 0.762 bits per heavy atom. The molecule has 4 aromatic carbocycles. The van der Waals surface area contributed by atoms with Crippen LogP contribution in [0.5, 0.6) is 11.5 Å². The predicted octanol–water partition coefficient (Wildman–Crippen LogP) is 7.21. The molecule has 1 heterocycles. The van der Waals surface area contributed by atoms with Crippen LogP contribution in [0.3, 0.4) is 0 Å². The smallest absolute Gasteiger partial charge is 0.310 e. The molecule has 1 N–H and O–H groups in total. The highest BCUT2D eigenvalue weighted by Crippen LogP contribution is 2.30. The highest BCUT2D eigenvalue weighted by Gasteiger charge is 2.37. The van der Waals surface area contributed by atoms with Crippen LogP contribution in [0, 0.1) is 0 Å². The molecule has 1 fully saturated rings. The number of rotatable bonds is 9. The molecular weight excluding hydrogens is 522 g/mol. The zero-order valence-electron chi connectivity index (χ0n) is 24.1. The third kappa shape index (κ3) is 5.77. The Bertz CT molecular complexity index is 1620. The maximum absolute atomic E-state index is 5.49. The van der Waals surface area contributed by atoms with Crippen LogP contribution in [-0.2, 0) is 0 Å². The van der Waals surface area contributed by atoms with Gasteiger partial charge in [0.25, 0.3) is 5.82 Å². The SMILES string of the molecule is COc1ccc(/C(=N\Nc2ccccc2)c2n(-c3ccccc3)nc(-c3ccc(OC)cc3)[n+]2C2CCCCC2)cc1. The van der Waals surface area contributed by atoms with E-state index in [0.717, 1.165) is 64.2 Å². The van der Waals surface area contributed by atoms with Gasteiger partial charge in [-0.3, -0.25) is 5.43 Å². The number of aromatic nitrogens is 3. The predicted molar refractivity (Wildman–Crippen MR) is 167 cm³/mol. The van der Waals surface area contributed by atoms with Crippen LogP contribution < -0.4 is 19.5 Å². The number of ether oxygens (including phenoxy) is 2. The number of nitrogens with one attached hydrogen (secondary N) is 1. The molecule has 1 aromatic heterocycles. The summed E-state index contributed by atoms with van der Waals surface area (Å²) in [7, 11) is 3.38. The molecule has 0 bridgehead atoms. The fraction of sp³-hybridized carbons (Fsp3) is 0.229. The van der Waals surface area contributed by atoms with Gasteiger partial charge in [-0.1, -0.05) is 47.5 Å². The standard InChI is InChI=1S/C35H35N5O2/c1-41-31-22-18-26(19-23-31)33(37-36-28-12-6-3-7-13-28)35-39(29-14-8-4-9-15-29)34(27-20-24-32(42-2)25-21-27)38-40(35)30-16-10-5-11-17-30/h3,5-7,10-13,16-25,29H,4,8-9,14-15H2,1-2H3/p+1. The molecule has 0 atom stereocenters. The van der Waals surface area contributed by atoms with Crippen LogP contribution in [0.4, 0.5) is 5.69 Å². The van der Waals surface area contributed by atoms with E-state index >= 15 is 0 Å². The van der Waals surface area contributed by atoms with Gasteiger partial charge in [0.05, 0.1) is 36.6 Å². The first-order valence-electron chi connectivity index (χ1n) is 14.5. The Morgan fingerprint density at radius 3 is 1.98 bits per heavy atom. The Labute approximate surface area is 247 Å². The van der Waals surface area contributed by atoms with Gasteiger partial charge >= 0.3 is 5.82 Å². The second-order valence-corrected chi connectivity index (χ2v) is 10.5. The van der Waals surface area contributed by atoms with Gasteiger partial charge in [0.1, 0.15) is 17.2 Å². The first-order valence-corrected chi connectivity index (χ1v) is 14.5. The Kier molecular flexibility index (Phi) is 8.26. The molecule has 6 rings (SSSR count). The van der Waals surface area contributed by atoms with Gasteiger partial charge in [-0.25, -0.2) is 4.57 Å². The van der Waals surface area contributed by atoms with Gasteiger partial charge < -0.3 is 9.47 Å². The molecule has 42 heavy (non-hydrogen) atoms. The summed E-state index contributed by atoms with van der Waals surface area (Å²) in [6, 6.07) is 36.9. The molecule has 0 aliphatic heterocycles. The second kappa shape index (κ2) is 12.7. The number of methoxy groups -OCH3 is 2. The number of anilines is 1. The first-order chi connectivity index (χ1) is 20.7. The van der Waals surface area contributed by atoms with Gasteiger partial charge in [-0.2, -0.15) is 5.10 Å². The maximum Gasteiger partial charge on any atom is 0.310 e. The second-order valence-electron chi connectivity index (χ2n) is 10.5. The normalized spacial score (nSPS) is 14.0. The van der Waals surface area contributed by atoms with Gasteiger partial charge in [-0.15, -0.1) is 0 Å². The summed E-state index contributed by atoms with van der Waals surface area (Å²) in [5.41, 5.74) is 8.00.